The van der Waals surface area contributed by atoms with Crippen molar-refractivity contribution in [1.29, 1.82) is 0 Å². The predicted molar refractivity (Wildman–Crippen MR) is 448 cm³/mol. The van der Waals surface area contributed by atoms with Gasteiger partial charge in [0.25, 0.3) is 6.71 Å². The van der Waals surface area contributed by atoms with E-state index in [1.54, 1.807) is 9.13 Å². The fourth-order valence-electron chi connectivity index (χ4n) is 16.3. The van der Waals surface area contributed by atoms with E-state index < -0.39 is 109 Å². The smallest absolute Gasteiger partial charge is 0.252 e. The Bertz CT molecular complexity index is 6890. The van der Waals surface area contributed by atoms with Crippen LogP contribution >= 0.6 is 0 Å². The summed E-state index contributed by atoms with van der Waals surface area (Å²) in [5.74, 6) is 0. The molecule has 2 aliphatic rings. The van der Waals surface area contributed by atoms with Crippen LogP contribution in [0.2, 0.25) is 0 Å². The Morgan fingerprint density at radius 3 is 0.924 bits per heavy atom. The van der Waals surface area contributed by atoms with Crippen molar-refractivity contribution in [3.63, 3.8) is 0 Å². The quantitative estimate of drug-likeness (QED) is 0.156. The molecule has 17 aromatic rings. The summed E-state index contributed by atoms with van der Waals surface area (Å²) in [6.45, 7) is 32.3. The standard InChI is InChI=1S/C98H87BN4O2/c1-94(2,3)60-48-58(49-61(52-60)95(4,5)6)67-32-24-34-73-75-36-26-42-83(92(75)104-90(67)73)102-85-56-65(100-79-38-20-16-28-69(79)70-29-17-21-39-80(70)100)44-46-77(85)99-78-47-45-66(101-81-40-22-18-30-71(81)72-31-19-23-41-82(72)101)57-86(78)103(88-55-64(98(13,14)15)54-87(102)89(88)99)84-43-27-37-76-74-35-25-33-68(91(74)105-93(76)84)59-50-62(96(7,8)9)53-63(51-59)97(10,11)12/h16-57H,1-15H3/i16D,17D,18D,19D,20D,21D,22D,23D,28D,29D,30D,31D,38D,39D,40D,41D. The molecule has 0 aliphatic carbocycles. The molecule has 0 amide bonds. The van der Waals surface area contributed by atoms with Crippen molar-refractivity contribution in [3.8, 4) is 33.6 Å². The highest BCUT2D eigenvalue weighted by Crippen LogP contribution is 2.53. The van der Waals surface area contributed by atoms with Gasteiger partial charge in [-0.05, 0) is 155 Å². The molecule has 0 radical (unpaired) electrons. The lowest BCUT2D eigenvalue weighted by Gasteiger charge is -2.45. The van der Waals surface area contributed by atoms with Crippen LogP contribution in [0, 0.1) is 0 Å². The SMILES string of the molecule is [2H]c1c([2H])c([2H])c2c(c1[2H])c1c([2H])c([2H])c([2H])c([2H])c1n2-c1ccc2c(c1)N(c1cccc3c1oc1c(-c4cc(C(C)(C)C)cc(C(C)(C)C)c4)cccc13)c1cc(C(C)(C)C)cc3c1B2c1ccc(-n2c4c([2H])c([2H])c([2H])c([2H])c4c4c([2H])c([2H])c([2H])c([2H])c42)cc1N3c1cccc2c1oc1c(-c3cc(C(C)(C)C)cc(C(C)(C)C)c3)cccc12. The molecule has 105 heavy (non-hydrogen) atoms. The van der Waals surface area contributed by atoms with Gasteiger partial charge < -0.3 is 27.8 Å². The summed E-state index contributed by atoms with van der Waals surface area (Å²) in [5, 5.41) is 3.02. The molecule has 7 heteroatoms. The van der Waals surface area contributed by atoms with E-state index in [1.165, 1.54) is 22.3 Å². The van der Waals surface area contributed by atoms with Gasteiger partial charge in [-0.3, -0.25) is 0 Å². The second kappa shape index (κ2) is 22.6. The van der Waals surface area contributed by atoms with Gasteiger partial charge in [0.1, 0.15) is 11.2 Å². The predicted octanol–water partition coefficient (Wildman–Crippen LogP) is 25.6. The van der Waals surface area contributed by atoms with Crippen molar-refractivity contribution in [3.05, 3.63) is 282 Å². The lowest BCUT2D eigenvalue weighted by molar-refractivity contribution is 0.568. The maximum atomic E-state index is 9.80. The number of hydrogen-bond acceptors (Lipinski definition) is 4. The van der Waals surface area contributed by atoms with Crippen molar-refractivity contribution >= 4 is 145 Å². The summed E-state index contributed by atoms with van der Waals surface area (Å²) in [6.07, 6.45) is 0. The first-order valence-electron chi connectivity index (χ1n) is 44.2. The van der Waals surface area contributed by atoms with Gasteiger partial charge in [-0.15, -0.1) is 0 Å². The Balaban J connectivity index is 0.971. The fraction of sp³-hybridized carbons (Fsp3) is 0.204. The molecule has 0 bridgehead atoms. The minimum Gasteiger partial charge on any atom is -0.453 e. The van der Waals surface area contributed by atoms with Crippen LogP contribution in [-0.2, 0) is 27.1 Å². The Morgan fingerprint density at radius 2 is 0.590 bits per heavy atom. The van der Waals surface area contributed by atoms with Crippen LogP contribution in [0.3, 0.4) is 0 Å². The Labute approximate surface area is 638 Å². The highest BCUT2D eigenvalue weighted by atomic mass is 16.3. The van der Waals surface area contributed by atoms with Gasteiger partial charge in [0.05, 0.1) is 55.4 Å². The topological polar surface area (TPSA) is 42.6 Å². The van der Waals surface area contributed by atoms with Gasteiger partial charge in [-0.25, -0.2) is 0 Å². The van der Waals surface area contributed by atoms with Gasteiger partial charge in [-0.2, -0.15) is 0 Å². The molecule has 6 nitrogen and oxygen atoms in total. The third kappa shape index (κ3) is 9.97. The average molecular weight is 1380 g/mol. The molecule has 4 aromatic heterocycles. The summed E-state index contributed by atoms with van der Waals surface area (Å²) in [5.41, 5.74) is 16.5. The molecule has 2 aliphatic heterocycles. The molecule has 0 fully saturated rings. The zero-order valence-electron chi connectivity index (χ0n) is 77.7. The molecule has 13 aromatic carbocycles. The molecule has 19 rings (SSSR count). The Hall–Kier alpha value is -11.3. The van der Waals surface area contributed by atoms with Crippen molar-refractivity contribution in [1.82, 2.24) is 9.13 Å². The number of hydrogen-bond donors (Lipinski definition) is 0. The maximum absolute atomic E-state index is 9.80. The summed E-state index contributed by atoms with van der Waals surface area (Å²) in [4.78, 5) is 4.40. The van der Waals surface area contributed by atoms with E-state index >= 15 is 0 Å². The van der Waals surface area contributed by atoms with E-state index in [1.807, 2.05) is 60.7 Å². The Kier molecular flexibility index (Phi) is 10.6. The first kappa shape index (κ1) is 49.4. The number of aromatic nitrogens is 2. The van der Waals surface area contributed by atoms with Crippen LogP contribution in [0.1, 0.15) is 154 Å². The lowest BCUT2D eigenvalue weighted by atomic mass is 9.33. The van der Waals surface area contributed by atoms with E-state index in [4.69, 9.17) is 14.3 Å². The van der Waals surface area contributed by atoms with Crippen LogP contribution < -0.4 is 26.2 Å². The molecule has 6 heterocycles. The summed E-state index contributed by atoms with van der Waals surface area (Å²) >= 11 is 0. The van der Waals surface area contributed by atoms with Crippen molar-refractivity contribution in [2.24, 2.45) is 0 Å². The van der Waals surface area contributed by atoms with Gasteiger partial charge in [0.2, 0.25) is 0 Å². The molecule has 0 unspecified atom stereocenters. The maximum Gasteiger partial charge on any atom is 0.252 e. The zero-order valence-corrected chi connectivity index (χ0v) is 61.7. The van der Waals surface area contributed by atoms with Crippen LogP contribution in [0.4, 0.5) is 34.1 Å². The highest BCUT2D eigenvalue weighted by Gasteiger charge is 2.46. The van der Waals surface area contributed by atoms with Crippen LogP contribution in [0.15, 0.2) is 263 Å². The van der Waals surface area contributed by atoms with E-state index in [0.29, 0.717) is 78.8 Å². The third-order valence-electron chi connectivity index (χ3n) is 21.9. The minimum atomic E-state index is -0.762. The van der Waals surface area contributed by atoms with Crippen LogP contribution in [0.25, 0.3) is 121 Å². The highest BCUT2D eigenvalue weighted by molar-refractivity contribution is 7.00. The molecule has 514 valence electrons. The van der Waals surface area contributed by atoms with Gasteiger partial charge >= 0.3 is 0 Å². The fourth-order valence-corrected chi connectivity index (χ4v) is 16.3. The number of rotatable bonds is 6. The van der Waals surface area contributed by atoms with Crippen LogP contribution in [0.5, 0.6) is 0 Å². The normalized spacial score (nSPS) is 15.7. The number of fused-ring (bicyclic) bond motifs is 16. The van der Waals surface area contributed by atoms with E-state index in [-0.39, 0.29) is 65.3 Å². The number of benzene rings is 13. The largest absolute Gasteiger partial charge is 0.453 e. The zero-order chi connectivity index (χ0) is 86.2. The average Bonchev–Trinajstić information content (AvgIpc) is 1.22. The minimum absolute atomic E-state index is 0.0592. The molecule has 0 saturated carbocycles. The Morgan fingerprint density at radius 1 is 0.286 bits per heavy atom. The van der Waals surface area contributed by atoms with Gasteiger partial charge in [-0.1, -0.05) is 286 Å². The number of furan rings is 2. The third-order valence-corrected chi connectivity index (χ3v) is 21.9. The van der Waals surface area contributed by atoms with Crippen molar-refractivity contribution in [2.75, 3.05) is 9.80 Å². The first-order chi connectivity index (χ1) is 56.9. The second-order valence-corrected chi connectivity index (χ2v) is 33.8. The molecular weight excluding hydrogens is 1280 g/mol. The molecular formula is C98H87BN4O2. The van der Waals surface area contributed by atoms with E-state index in [0.717, 1.165) is 54.8 Å². The molecule has 0 saturated heterocycles. The molecule has 0 spiro atoms. The second-order valence-electron chi connectivity index (χ2n) is 33.8. The number of anilines is 6. The summed E-state index contributed by atoms with van der Waals surface area (Å²) in [7, 11) is 0. The van der Waals surface area contributed by atoms with Crippen molar-refractivity contribution in [2.45, 2.75) is 131 Å². The molecule has 0 atom stereocenters. The number of para-hydroxylation sites is 8. The van der Waals surface area contributed by atoms with Gasteiger partial charge in [0, 0.05) is 88.3 Å². The van der Waals surface area contributed by atoms with E-state index in [9.17, 15) is 16.4 Å². The lowest BCUT2D eigenvalue weighted by Crippen LogP contribution is -2.61. The van der Waals surface area contributed by atoms with Crippen LogP contribution in [-0.4, -0.2) is 15.8 Å². The monoisotopic (exact) mass is 1380 g/mol. The van der Waals surface area contributed by atoms with Gasteiger partial charge in [0.15, 0.2) is 11.2 Å². The van der Waals surface area contributed by atoms with Crippen molar-refractivity contribution < 1.29 is 30.8 Å². The summed E-state index contributed by atoms with van der Waals surface area (Å²) < 4.78 is 169. The van der Waals surface area contributed by atoms with E-state index in [2.05, 4.69) is 211 Å². The first-order valence-corrected chi connectivity index (χ1v) is 36.2. The summed E-state index contributed by atoms with van der Waals surface area (Å²) in [6, 6.07) is 46.0. The molecule has 0 N–H and O–H groups in total. The number of nitrogens with zero attached hydrogens (tertiary/aromatic N) is 4.